The van der Waals surface area contributed by atoms with Crippen LogP contribution in [0.25, 0.3) is 0 Å². The highest BCUT2D eigenvalue weighted by molar-refractivity contribution is 6.30. The van der Waals surface area contributed by atoms with Gasteiger partial charge in [-0.25, -0.2) is 0 Å². The van der Waals surface area contributed by atoms with E-state index in [1.165, 1.54) is 0 Å². The lowest BCUT2D eigenvalue weighted by Gasteiger charge is -2.36. The van der Waals surface area contributed by atoms with Crippen LogP contribution >= 0.6 is 11.6 Å². The number of nitrogens with zero attached hydrogens (tertiary/aromatic N) is 4. The van der Waals surface area contributed by atoms with Gasteiger partial charge in [-0.05, 0) is 30.3 Å². The SMILES string of the molecule is CCC(=O)Nc1ccc(N2CCN(c3cccc(Cl)c3)CC2)nn1. The Hall–Kier alpha value is -2.34. The minimum atomic E-state index is -0.0628. The maximum atomic E-state index is 11.4. The van der Waals surface area contributed by atoms with Crippen LogP contribution in [0.4, 0.5) is 17.3 Å². The minimum absolute atomic E-state index is 0.0628. The Balaban J connectivity index is 1.59. The summed E-state index contributed by atoms with van der Waals surface area (Å²) in [6.45, 7) is 5.33. The highest BCUT2D eigenvalue weighted by Crippen LogP contribution is 2.22. The summed E-state index contributed by atoms with van der Waals surface area (Å²) in [6, 6.07) is 11.6. The number of benzene rings is 1. The fourth-order valence-electron chi connectivity index (χ4n) is 2.66. The summed E-state index contributed by atoms with van der Waals surface area (Å²) in [5.74, 6) is 1.26. The first kappa shape index (κ1) is 16.5. The number of rotatable bonds is 4. The molecule has 0 atom stereocenters. The second-order valence-electron chi connectivity index (χ2n) is 5.63. The molecule has 0 spiro atoms. The standard InChI is InChI=1S/C17H20ClN5O/c1-2-17(24)19-15-6-7-16(21-20-15)23-10-8-22(9-11-23)14-5-3-4-13(18)12-14/h3-7,12H,2,8-11H2,1H3,(H,19,20,24). The van der Waals surface area contributed by atoms with Crippen LogP contribution in [0.2, 0.25) is 5.02 Å². The molecule has 1 aromatic heterocycles. The van der Waals surface area contributed by atoms with Crippen molar-refractivity contribution in [3.05, 3.63) is 41.4 Å². The molecule has 0 radical (unpaired) electrons. The summed E-state index contributed by atoms with van der Waals surface area (Å²) >= 11 is 6.06. The van der Waals surface area contributed by atoms with Crippen LogP contribution in [0.3, 0.4) is 0 Å². The number of hydrogen-bond donors (Lipinski definition) is 1. The summed E-state index contributed by atoms with van der Waals surface area (Å²) in [6.07, 6.45) is 0.425. The molecule has 24 heavy (non-hydrogen) atoms. The third kappa shape index (κ3) is 3.94. The van der Waals surface area contributed by atoms with Crippen molar-refractivity contribution < 1.29 is 4.79 Å². The fraction of sp³-hybridized carbons (Fsp3) is 0.353. The first-order chi connectivity index (χ1) is 11.7. The molecule has 1 aliphatic heterocycles. The van der Waals surface area contributed by atoms with Crippen LogP contribution in [0.5, 0.6) is 0 Å². The normalized spacial score (nSPS) is 14.6. The molecule has 1 aliphatic rings. The molecular weight excluding hydrogens is 326 g/mol. The summed E-state index contributed by atoms with van der Waals surface area (Å²) in [5, 5.41) is 11.8. The molecule has 1 N–H and O–H groups in total. The Labute approximate surface area is 146 Å². The highest BCUT2D eigenvalue weighted by atomic mass is 35.5. The molecule has 0 saturated carbocycles. The number of aromatic nitrogens is 2. The van der Waals surface area contributed by atoms with E-state index < -0.39 is 0 Å². The van der Waals surface area contributed by atoms with Gasteiger partial charge in [-0.2, -0.15) is 0 Å². The third-order valence-electron chi connectivity index (χ3n) is 4.02. The molecule has 2 aromatic rings. The van der Waals surface area contributed by atoms with Gasteiger partial charge in [0.1, 0.15) is 0 Å². The Morgan fingerprint density at radius 1 is 1.12 bits per heavy atom. The minimum Gasteiger partial charge on any atom is -0.368 e. The van der Waals surface area contributed by atoms with E-state index in [0.29, 0.717) is 12.2 Å². The van der Waals surface area contributed by atoms with E-state index in [-0.39, 0.29) is 5.91 Å². The first-order valence-electron chi connectivity index (χ1n) is 8.05. The van der Waals surface area contributed by atoms with Gasteiger partial charge in [-0.15, -0.1) is 10.2 Å². The van der Waals surface area contributed by atoms with Gasteiger partial charge in [0, 0.05) is 43.3 Å². The van der Waals surface area contributed by atoms with Crippen molar-refractivity contribution in [1.82, 2.24) is 10.2 Å². The van der Waals surface area contributed by atoms with Crippen LogP contribution < -0.4 is 15.1 Å². The van der Waals surface area contributed by atoms with Gasteiger partial charge in [-0.1, -0.05) is 24.6 Å². The van der Waals surface area contributed by atoms with Gasteiger partial charge in [0.15, 0.2) is 11.6 Å². The van der Waals surface area contributed by atoms with Gasteiger partial charge in [0.25, 0.3) is 0 Å². The smallest absolute Gasteiger partial charge is 0.225 e. The van der Waals surface area contributed by atoms with E-state index in [2.05, 4.69) is 31.4 Å². The number of nitrogens with one attached hydrogen (secondary N) is 1. The zero-order valence-electron chi connectivity index (χ0n) is 13.6. The Morgan fingerprint density at radius 2 is 1.88 bits per heavy atom. The van der Waals surface area contributed by atoms with E-state index in [4.69, 9.17) is 11.6 Å². The Morgan fingerprint density at radius 3 is 2.50 bits per heavy atom. The summed E-state index contributed by atoms with van der Waals surface area (Å²) < 4.78 is 0. The van der Waals surface area contributed by atoms with Gasteiger partial charge >= 0.3 is 0 Å². The van der Waals surface area contributed by atoms with Gasteiger partial charge in [-0.3, -0.25) is 4.79 Å². The van der Waals surface area contributed by atoms with Crippen LogP contribution in [0.1, 0.15) is 13.3 Å². The maximum Gasteiger partial charge on any atom is 0.225 e. The first-order valence-corrected chi connectivity index (χ1v) is 8.42. The Kier molecular flexibility index (Phi) is 5.15. The summed E-state index contributed by atoms with van der Waals surface area (Å²) in [4.78, 5) is 15.9. The largest absolute Gasteiger partial charge is 0.368 e. The molecule has 3 rings (SSSR count). The molecule has 0 unspecified atom stereocenters. The lowest BCUT2D eigenvalue weighted by Crippen LogP contribution is -2.46. The van der Waals surface area contributed by atoms with Crippen LogP contribution in [0, 0.1) is 0 Å². The molecule has 2 heterocycles. The topological polar surface area (TPSA) is 61.4 Å². The second kappa shape index (κ2) is 7.49. The molecule has 1 aromatic carbocycles. The number of amides is 1. The summed E-state index contributed by atoms with van der Waals surface area (Å²) in [5.41, 5.74) is 1.14. The average Bonchev–Trinajstić information content (AvgIpc) is 2.62. The molecule has 7 heteroatoms. The number of carbonyl (C=O) groups excluding carboxylic acids is 1. The predicted molar refractivity (Wildman–Crippen MR) is 96.8 cm³/mol. The van der Waals surface area contributed by atoms with E-state index in [1.54, 1.807) is 13.0 Å². The van der Waals surface area contributed by atoms with E-state index in [0.717, 1.165) is 42.7 Å². The molecule has 1 saturated heterocycles. The van der Waals surface area contributed by atoms with E-state index in [1.807, 2.05) is 24.3 Å². The number of carbonyl (C=O) groups is 1. The quantitative estimate of drug-likeness (QED) is 0.923. The van der Waals surface area contributed by atoms with Crippen molar-refractivity contribution in [2.75, 3.05) is 41.3 Å². The van der Waals surface area contributed by atoms with Crippen LogP contribution in [-0.2, 0) is 4.79 Å². The summed E-state index contributed by atoms with van der Waals surface area (Å²) in [7, 11) is 0. The zero-order chi connectivity index (χ0) is 16.9. The molecule has 1 amide bonds. The van der Waals surface area contributed by atoms with Crippen LogP contribution in [0.15, 0.2) is 36.4 Å². The zero-order valence-corrected chi connectivity index (χ0v) is 14.3. The lowest BCUT2D eigenvalue weighted by molar-refractivity contribution is -0.115. The van der Waals surface area contributed by atoms with E-state index in [9.17, 15) is 4.79 Å². The molecule has 0 bridgehead atoms. The fourth-order valence-corrected chi connectivity index (χ4v) is 2.84. The number of anilines is 3. The van der Waals surface area contributed by atoms with Crippen molar-refractivity contribution in [1.29, 1.82) is 0 Å². The highest BCUT2D eigenvalue weighted by Gasteiger charge is 2.19. The van der Waals surface area contributed by atoms with Crippen molar-refractivity contribution in [2.24, 2.45) is 0 Å². The van der Waals surface area contributed by atoms with Gasteiger partial charge in [0.05, 0.1) is 0 Å². The molecule has 6 nitrogen and oxygen atoms in total. The number of halogens is 1. The molecule has 1 fully saturated rings. The Bertz CT molecular complexity index is 698. The van der Waals surface area contributed by atoms with Gasteiger partial charge < -0.3 is 15.1 Å². The third-order valence-corrected chi connectivity index (χ3v) is 4.25. The van der Waals surface area contributed by atoms with Crippen molar-refractivity contribution in [2.45, 2.75) is 13.3 Å². The van der Waals surface area contributed by atoms with Crippen molar-refractivity contribution in [3.8, 4) is 0 Å². The van der Waals surface area contributed by atoms with Gasteiger partial charge in [0.2, 0.25) is 5.91 Å². The monoisotopic (exact) mass is 345 g/mol. The molecule has 126 valence electrons. The number of piperazine rings is 1. The van der Waals surface area contributed by atoms with Crippen LogP contribution in [-0.4, -0.2) is 42.3 Å². The average molecular weight is 346 g/mol. The second-order valence-corrected chi connectivity index (χ2v) is 6.07. The molecule has 0 aliphatic carbocycles. The number of hydrogen-bond acceptors (Lipinski definition) is 5. The predicted octanol–water partition coefficient (Wildman–Crippen LogP) is 2.81. The van der Waals surface area contributed by atoms with E-state index >= 15 is 0 Å². The van der Waals surface area contributed by atoms with Crippen molar-refractivity contribution in [3.63, 3.8) is 0 Å². The van der Waals surface area contributed by atoms with Crippen molar-refractivity contribution >= 4 is 34.8 Å². The molecular formula is C17H20ClN5O. The lowest BCUT2D eigenvalue weighted by atomic mass is 10.2. The maximum absolute atomic E-state index is 11.4.